The summed E-state index contributed by atoms with van der Waals surface area (Å²) >= 11 is 0. The molecule has 9 heteroatoms. The van der Waals surface area contributed by atoms with E-state index >= 15 is 0 Å². The van der Waals surface area contributed by atoms with Crippen molar-refractivity contribution in [3.63, 3.8) is 0 Å². The Morgan fingerprint density at radius 1 is 1.18 bits per heavy atom. The van der Waals surface area contributed by atoms with Gasteiger partial charge >= 0.3 is 0 Å². The number of fused-ring (bicyclic) bond motifs is 1. The van der Waals surface area contributed by atoms with Crippen LogP contribution < -0.4 is 10.6 Å². The van der Waals surface area contributed by atoms with Crippen LogP contribution in [0.25, 0.3) is 0 Å². The number of nitrogens with zero attached hydrogens (tertiary/aromatic N) is 2. The Hall–Kier alpha value is -3.30. The Bertz CT molecular complexity index is 1450. The van der Waals surface area contributed by atoms with Crippen LogP contribution >= 0.6 is 0 Å². The van der Waals surface area contributed by atoms with Crippen LogP contribution in [0.5, 0.6) is 0 Å². The van der Waals surface area contributed by atoms with Gasteiger partial charge in [0.2, 0.25) is 11.8 Å². The van der Waals surface area contributed by atoms with E-state index in [1.165, 1.54) is 17.0 Å². The highest BCUT2D eigenvalue weighted by Gasteiger charge is 2.39. The molecule has 1 atom stereocenters. The van der Waals surface area contributed by atoms with Crippen molar-refractivity contribution in [1.29, 1.82) is 0 Å². The van der Waals surface area contributed by atoms with Crippen LogP contribution in [0.1, 0.15) is 50.9 Å². The van der Waals surface area contributed by atoms with Crippen molar-refractivity contribution in [2.75, 3.05) is 31.4 Å². The fourth-order valence-corrected chi connectivity index (χ4v) is 4.27. The van der Waals surface area contributed by atoms with E-state index in [0.29, 0.717) is 21.7 Å². The van der Waals surface area contributed by atoms with Crippen LogP contribution in [0.4, 0.5) is 10.1 Å². The van der Waals surface area contributed by atoms with E-state index in [0.717, 1.165) is 6.07 Å². The van der Waals surface area contributed by atoms with Crippen LogP contribution in [0.15, 0.2) is 36.4 Å². The quantitative estimate of drug-likeness (QED) is 0.623. The van der Waals surface area contributed by atoms with E-state index < -0.39 is 56.3 Å². The molecule has 3 heterocycles. The lowest BCUT2D eigenvalue weighted by Crippen LogP contribution is -2.52. The SMILES string of the molecule is [2H]C1([2H])OC([2H])([2H])C([2H])([2H])N(Cc2ccc(F)c(CNc3cccc4c3CN(C3CCC(=O)NC3=O)C4=O)c2)C1([2H])[2H]. The monoisotopic (exact) mass is 474 g/mol. The van der Waals surface area contributed by atoms with E-state index in [4.69, 9.17) is 11.0 Å². The maximum absolute atomic E-state index is 14.8. The number of carbonyl (C=O) groups is 3. The number of rotatable bonds is 6. The average molecular weight is 475 g/mol. The molecular formula is C25H27FN4O4. The lowest BCUT2D eigenvalue weighted by molar-refractivity contribution is -0.136. The lowest BCUT2D eigenvalue weighted by atomic mass is 10.0. The molecule has 0 saturated carbocycles. The summed E-state index contributed by atoms with van der Waals surface area (Å²) < 4.78 is 83.5. The van der Waals surface area contributed by atoms with Crippen molar-refractivity contribution in [1.82, 2.24) is 15.1 Å². The highest BCUT2D eigenvalue weighted by Crippen LogP contribution is 2.32. The fraction of sp³-hybridized carbons (Fsp3) is 0.400. The summed E-state index contributed by atoms with van der Waals surface area (Å²) in [6, 6.07) is 7.81. The largest absolute Gasteiger partial charge is 0.381 e. The molecule has 1 unspecified atom stereocenters. The average Bonchev–Trinajstić information content (AvgIpc) is 3.22. The second-order valence-corrected chi connectivity index (χ2v) is 8.13. The minimum Gasteiger partial charge on any atom is -0.381 e. The van der Waals surface area contributed by atoms with Crippen molar-refractivity contribution in [2.45, 2.75) is 38.5 Å². The molecule has 2 N–H and O–H groups in total. The first-order valence-electron chi connectivity index (χ1n) is 14.7. The molecule has 0 spiro atoms. The molecule has 2 aromatic rings. The number of halogens is 1. The van der Waals surface area contributed by atoms with E-state index in [2.05, 4.69) is 15.4 Å². The van der Waals surface area contributed by atoms with Gasteiger partial charge < -0.3 is 15.0 Å². The molecule has 0 aliphatic carbocycles. The summed E-state index contributed by atoms with van der Waals surface area (Å²) in [5.74, 6) is -1.95. The van der Waals surface area contributed by atoms with Crippen molar-refractivity contribution < 1.29 is 34.5 Å². The number of anilines is 1. The zero-order valence-corrected chi connectivity index (χ0v) is 18.0. The third-order valence-corrected chi connectivity index (χ3v) is 5.97. The van der Waals surface area contributed by atoms with Gasteiger partial charge in [-0.1, -0.05) is 12.1 Å². The number of hydrogen-bond acceptors (Lipinski definition) is 6. The number of hydrogen-bond donors (Lipinski definition) is 2. The van der Waals surface area contributed by atoms with Crippen LogP contribution in [0.2, 0.25) is 0 Å². The topological polar surface area (TPSA) is 91.0 Å². The Labute approximate surface area is 208 Å². The Morgan fingerprint density at radius 2 is 2.00 bits per heavy atom. The van der Waals surface area contributed by atoms with Gasteiger partial charge in [0, 0.05) is 66.9 Å². The van der Waals surface area contributed by atoms with E-state index in [1.54, 1.807) is 18.2 Å². The minimum absolute atomic E-state index is 0.0943. The van der Waals surface area contributed by atoms with Crippen molar-refractivity contribution in [3.05, 3.63) is 64.5 Å². The number of imide groups is 1. The van der Waals surface area contributed by atoms with Crippen molar-refractivity contribution in [3.8, 4) is 0 Å². The zero-order chi connectivity index (χ0) is 30.8. The van der Waals surface area contributed by atoms with Gasteiger partial charge in [-0.3, -0.25) is 24.6 Å². The first-order valence-corrected chi connectivity index (χ1v) is 10.7. The van der Waals surface area contributed by atoms with E-state index in [9.17, 15) is 18.8 Å². The predicted molar refractivity (Wildman–Crippen MR) is 122 cm³/mol. The van der Waals surface area contributed by atoms with Crippen LogP contribution in [0, 0.1) is 5.82 Å². The molecule has 2 aromatic carbocycles. The van der Waals surface area contributed by atoms with Crippen LogP contribution in [-0.4, -0.2) is 59.7 Å². The highest BCUT2D eigenvalue weighted by atomic mass is 19.1. The van der Waals surface area contributed by atoms with Gasteiger partial charge in [0.1, 0.15) is 11.9 Å². The summed E-state index contributed by atoms with van der Waals surface area (Å²) in [5, 5.41) is 5.33. The molecule has 34 heavy (non-hydrogen) atoms. The molecule has 0 aromatic heterocycles. The fourth-order valence-electron chi connectivity index (χ4n) is 4.27. The summed E-state index contributed by atoms with van der Waals surface area (Å²) in [7, 11) is 0. The molecular weight excluding hydrogens is 439 g/mol. The Balaban J connectivity index is 1.36. The van der Waals surface area contributed by atoms with Gasteiger partial charge in [0.05, 0.1) is 18.6 Å². The highest BCUT2D eigenvalue weighted by molar-refractivity contribution is 6.06. The number of amides is 3. The zero-order valence-electron chi connectivity index (χ0n) is 26.0. The van der Waals surface area contributed by atoms with Gasteiger partial charge in [-0.25, -0.2) is 4.39 Å². The first-order chi connectivity index (χ1) is 19.5. The van der Waals surface area contributed by atoms with Crippen molar-refractivity contribution >= 4 is 23.4 Å². The molecule has 2 fully saturated rings. The van der Waals surface area contributed by atoms with Gasteiger partial charge in [-0.15, -0.1) is 0 Å². The number of carbonyl (C=O) groups excluding carboxylic acids is 3. The maximum Gasteiger partial charge on any atom is 0.255 e. The van der Waals surface area contributed by atoms with Crippen LogP contribution in [-0.2, 0) is 34.0 Å². The second-order valence-electron chi connectivity index (χ2n) is 8.13. The van der Waals surface area contributed by atoms with Crippen LogP contribution in [0.3, 0.4) is 0 Å². The van der Waals surface area contributed by atoms with Gasteiger partial charge in [-0.05, 0) is 36.2 Å². The van der Waals surface area contributed by atoms with Crippen molar-refractivity contribution in [2.24, 2.45) is 0 Å². The molecule has 2 saturated heterocycles. The number of piperidine rings is 1. The second kappa shape index (κ2) is 9.52. The number of nitrogens with one attached hydrogen (secondary N) is 2. The first kappa shape index (κ1) is 14.9. The van der Waals surface area contributed by atoms with E-state index in [-0.39, 0.29) is 43.0 Å². The standard InChI is InChI=1S/C25H27FN4O4/c26-20-5-4-16(14-29-8-10-34-11-9-29)12-17(20)13-27-21-3-1-2-18-19(21)15-30(25(18)33)22-6-7-23(31)28-24(22)32/h1-5,12,22,27H,6-11,13-15H2,(H,28,31,32)/i8D2,9D2,10D2,11D2. The molecule has 0 bridgehead atoms. The van der Waals surface area contributed by atoms with Gasteiger partial charge in [0.15, 0.2) is 0 Å². The third-order valence-electron chi connectivity index (χ3n) is 5.97. The predicted octanol–water partition coefficient (Wildman–Crippen LogP) is 2.03. The summed E-state index contributed by atoms with van der Waals surface area (Å²) in [4.78, 5) is 38.8. The van der Waals surface area contributed by atoms with Gasteiger partial charge in [0.25, 0.3) is 5.91 Å². The summed E-state index contributed by atoms with van der Waals surface area (Å²) in [5.41, 5.74) is 1.73. The van der Waals surface area contributed by atoms with E-state index in [1.807, 2.05) is 0 Å². The Kier molecular flexibility index (Phi) is 4.16. The molecule has 178 valence electrons. The summed E-state index contributed by atoms with van der Waals surface area (Å²) in [6.07, 6.45) is 0.313. The Morgan fingerprint density at radius 3 is 2.79 bits per heavy atom. The normalized spacial score (nSPS) is 30.3. The lowest BCUT2D eigenvalue weighted by Gasteiger charge is -2.29. The smallest absolute Gasteiger partial charge is 0.255 e. The number of morpholine rings is 1. The van der Waals surface area contributed by atoms with Gasteiger partial charge in [-0.2, -0.15) is 0 Å². The third kappa shape index (κ3) is 4.53. The molecule has 3 aliphatic heterocycles. The maximum atomic E-state index is 14.8. The molecule has 0 radical (unpaired) electrons. The minimum atomic E-state index is -3.20. The summed E-state index contributed by atoms with van der Waals surface area (Å²) in [6.45, 7) is -13.2. The molecule has 8 nitrogen and oxygen atoms in total. The molecule has 3 aliphatic rings. The molecule has 5 rings (SSSR count). The number of ether oxygens (including phenoxy) is 1. The number of benzene rings is 2. The molecule has 3 amide bonds.